The van der Waals surface area contributed by atoms with Gasteiger partial charge in [-0.05, 0) is 109 Å². The number of nitrogens with zero attached hydrogens (tertiary/aromatic N) is 6. The molecule has 0 amide bonds. The molecule has 0 radical (unpaired) electrons. The number of rotatable bonds is 8. The predicted molar refractivity (Wildman–Crippen MR) is 319 cm³/mol. The largest absolute Gasteiger partial charge is 0.309 e. The van der Waals surface area contributed by atoms with Crippen LogP contribution < -0.4 is 0 Å². The van der Waals surface area contributed by atoms with Crippen molar-refractivity contribution in [2.75, 3.05) is 0 Å². The molecule has 0 aliphatic carbocycles. The fourth-order valence-electron chi connectivity index (χ4n) is 11.6. The number of benzene rings is 11. The summed E-state index contributed by atoms with van der Waals surface area (Å²) >= 11 is 0. The second kappa shape index (κ2) is 17.8. The van der Waals surface area contributed by atoms with Gasteiger partial charge in [-0.25, -0.2) is 15.0 Å². The number of aromatic nitrogens is 6. The third-order valence-corrected chi connectivity index (χ3v) is 15.5. The smallest absolute Gasteiger partial charge is 0.164 e. The van der Waals surface area contributed by atoms with E-state index in [0.29, 0.717) is 17.5 Å². The zero-order valence-corrected chi connectivity index (χ0v) is 42.4. The van der Waals surface area contributed by atoms with Crippen molar-refractivity contribution >= 4 is 65.4 Å². The van der Waals surface area contributed by atoms with Crippen molar-refractivity contribution in [1.29, 1.82) is 0 Å². The van der Waals surface area contributed by atoms with E-state index >= 15 is 0 Å². The molecule has 0 spiro atoms. The van der Waals surface area contributed by atoms with Crippen molar-refractivity contribution in [3.05, 3.63) is 266 Å². The summed E-state index contributed by atoms with van der Waals surface area (Å²) in [7, 11) is 0. The molecule has 0 bridgehead atoms. The Kier molecular flexibility index (Phi) is 10.2. The van der Waals surface area contributed by atoms with Gasteiger partial charge in [-0.2, -0.15) is 0 Å². The Labute approximate surface area is 445 Å². The van der Waals surface area contributed by atoms with Crippen molar-refractivity contribution in [2.45, 2.75) is 13.8 Å². The van der Waals surface area contributed by atoms with Gasteiger partial charge in [0.2, 0.25) is 0 Å². The van der Waals surface area contributed by atoms with Crippen molar-refractivity contribution in [1.82, 2.24) is 28.7 Å². The Bertz CT molecular complexity index is 4500. The van der Waals surface area contributed by atoms with E-state index in [0.717, 1.165) is 66.9 Å². The molecule has 0 aliphatic heterocycles. The maximum absolute atomic E-state index is 5.13. The van der Waals surface area contributed by atoms with E-state index in [1.807, 2.05) is 0 Å². The summed E-state index contributed by atoms with van der Waals surface area (Å²) in [4.78, 5) is 15.3. The molecule has 11 aromatic carbocycles. The molecule has 15 aromatic rings. The monoisotopic (exact) mass is 984 g/mol. The number of para-hydroxylation sites is 2. The number of hydrogen-bond acceptors (Lipinski definition) is 3. The first kappa shape index (κ1) is 44.3. The van der Waals surface area contributed by atoms with E-state index in [-0.39, 0.29) is 0 Å². The molecule has 362 valence electrons. The lowest BCUT2D eigenvalue weighted by atomic mass is 10.0. The van der Waals surface area contributed by atoms with Gasteiger partial charge in [0, 0.05) is 66.1 Å². The summed E-state index contributed by atoms with van der Waals surface area (Å²) in [6.45, 7) is 4.19. The van der Waals surface area contributed by atoms with Gasteiger partial charge in [-0.3, -0.25) is 0 Å². The second-order valence-corrected chi connectivity index (χ2v) is 20.2. The maximum Gasteiger partial charge on any atom is 0.164 e. The van der Waals surface area contributed by atoms with Gasteiger partial charge in [0.15, 0.2) is 17.5 Å². The SMILES string of the molecule is Cc1ccc(-c2nc(-c3ccc(C)cc3)nc(-c3ccc(-n4c5cc(-n6c7ccccc7c7ccc(-c8ccccc8)cc76)ccc5c5ccc(-n6c7ccccc7c7ccc(-c8ccccc8)cc76)cc54)cc3)n2)cc1. The molecule has 0 saturated heterocycles. The van der Waals surface area contributed by atoms with Crippen LogP contribution in [0.4, 0.5) is 0 Å². The highest BCUT2D eigenvalue weighted by molar-refractivity contribution is 6.14. The van der Waals surface area contributed by atoms with Crippen LogP contribution in [0.15, 0.2) is 255 Å². The van der Waals surface area contributed by atoms with Crippen molar-refractivity contribution in [2.24, 2.45) is 0 Å². The minimum Gasteiger partial charge on any atom is -0.309 e. The van der Waals surface area contributed by atoms with E-state index in [1.165, 1.54) is 65.7 Å². The van der Waals surface area contributed by atoms with Crippen LogP contribution >= 0.6 is 0 Å². The molecule has 0 aliphatic rings. The predicted octanol–water partition coefficient (Wildman–Crippen LogP) is 18.1. The van der Waals surface area contributed by atoms with Crippen molar-refractivity contribution < 1.29 is 0 Å². The molecule has 4 heterocycles. The Hall–Kier alpha value is -10.2. The molecule has 4 aromatic heterocycles. The Balaban J connectivity index is 0.955. The van der Waals surface area contributed by atoms with E-state index in [2.05, 4.69) is 282 Å². The molecule has 0 atom stereocenters. The molecule has 0 unspecified atom stereocenters. The van der Waals surface area contributed by atoms with Crippen LogP contribution in [-0.4, -0.2) is 28.7 Å². The van der Waals surface area contributed by atoms with E-state index < -0.39 is 0 Å². The average Bonchev–Trinajstić information content (AvgIpc) is 4.20. The Morgan fingerprint density at radius 1 is 0.221 bits per heavy atom. The Morgan fingerprint density at radius 2 is 0.519 bits per heavy atom. The van der Waals surface area contributed by atoms with Gasteiger partial charge in [-0.1, -0.05) is 193 Å². The first-order chi connectivity index (χ1) is 38.0. The van der Waals surface area contributed by atoms with E-state index in [4.69, 9.17) is 15.0 Å². The van der Waals surface area contributed by atoms with Crippen LogP contribution in [-0.2, 0) is 0 Å². The molecule has 0 saturated carbocycles. The molecule has 0 N–H and O–H groups in total. The van der Waals surface area contributed by atoms with Crippen molar-refractivity contribution in [3.8, 4) is 73.5 Å². The highest BCUT2D eigenvalue weighted by Gasteiger charge is 2.21. The first-order valence-corrected chi connectivity index (χ1v) is 26.2. The zero-order valence-electron chi connectivity index (χ0n) is 42.4. The van der Waals surface area contributed by atoms with E-state index in [1.54, 1.807) is 0 Å². The van der Waals surface area contributed by atoms with Gasteiger partial charge in [0.25, 0.3) is 0 Å². The highest BCUT2D eigenvalue weighted by Crippen LogP contribution is 2.41. The number of hydrogen-bond donors (Lipinski definition) is 0. The average molecular weight is 985 g/mol. The fourth-order valence-corrected chi connectivity index (χ4v) is 11.6. The van der Waals surface area contributed by atoms with Crippen LogP contribution in [0.1, 0.15) is 11.1 Å². The normalized spacial score (nSPS) is 11.8. The topological polar surface area (TPSA) is 53.5 Å². The number of fused-ring (bicyclic) bond motifs is 9. The molecular weight excluding hydrogens is 937 g/mol. The lowest BCUT2D eigenvalue weighted by Crippen LogP contribution is -2.01. The van der Waals surface area contributed by atoms with Crippen LogP contribution in [0.3, 0.4) is 0 Å². The summed E-state index contributed by atoms with van der Waals surface area (Å²) < 4.78 is 7.32. The summed E-state index contributed by atoms with van der Waals surface area (Å²) in [5.74, 6) is 1.89. The van der Waals surface area contributed by atoms with Gasteiger partial charge in [-0.15, -0.1) is 0 Å². The maximum atomic E-state index is 5.13. The molecule has 6 nitrogen and oxygen atoms in total. The minimum absolute atomic E-state index is 0.618. The molecular formula is C71H48N6. The van der Waals surface area contributed by atoms with Crippen LogP contribution in [0.25, 0.3) is 139 Å². The van der Waals surface area contributed by atoms with Gasteiger partial charge >= 0.3 is 0 Å². The summed E-state index contributed by atoms with van der Waals surface area (Å²) in [5, 5.41) is 7.22. The van der Waals surface area contributed by atoms with Crippen molar-refractivity contribution in [3.63, 3.8) is 0 Å². The summed E-state index contributed by atoms with van der Waals surface area (Å²) in [6, 6.07) is 92.1. The first-order valence-electron chi connectivity index (χ1n) is 26.2. The molecule has 0 fully saturated rings. The standard InChI is InChI=1S/C71H48N6/c1-45-21-25-49(26-22-45)69-72-70(50-27-23-46(2)24-28-50)74-71(73-69)51-29-33-54(34-30-51)75-67-43-55(76-63-19-11-9-17-57(63)59-37-31-52(41-65(59)76)47-13-5-3-6-14-47)35-39-61(67)62-40-36-56(44-68(62)75)77-64-20-12-10-18-58(64)60-38-32-53(42-66(60)77)48-15-7-4-8-16-48/h3-44H,1-2H3. The van der Waals surface area contributed by atoms with Gasteiger partial charge in [0.1, 0.15) is 0 Å². The van der Waals surface area contributed by atoms with Crippen LogP contribution in [0, 0.1) is 13.8 Å². The summed E-state index contributed by atoms with van der Waals surface area (Å²) in [5.41, 5.74) is 19.9. The quantitative estimate of drug-likeness (QED) is 0.152. The van der Waals surface area contributed by atoms with Gasteiger partial charge in [0.05, 0.1) is 33.1 Å². The van der Waals surface area contributed by atoms with Gasteiger partial charge < -0.3 is 13.7 Å². The second-order valence-electron chi connectivity index (χ2n) is 20.2. The van der Waals surface area contributed by atoms with Crippen LogP contribution in [0.5, 0.6) is 0 Å². The fraction of sp³-hybridized carbons (Fsp3) is 0.0282. The van der Waals surface area contributed by atoms with Crippen LogP contribution in [0.2, 0.25) is 0 Å². The zero-order chi connectivity index (χ0) is 51.1. The van der Waals surface area contributed by atoms with E-state index in [9.17, 15) is 0 Å². The lowest BCUT2D eigenvalue weighted by Gasteiger charge is -2.13. The minimum atomic E-state index is 0.618. The lowest BCUT2D eigenvalue weighted by molar-refractivity contribution is 1.07. The molecule has 6 heteroatoms. The molecule has 77 heavy (non-hydrogen) atoms. The summed E-state index contributed by atoms with van der Waals surface area (Å²) in [6.07, 6.45) is 0. The third kappa shape index (κ3) is 7.44. The highest BCUT2D eigenvalue weighted by atomic mass is 15.0. The number of aryl methyl sites for hydroxylation is 2. The third-order valence-electron chi connectivity index (χ3n) is 15.5. The Morgan fingerprint density at radius 3 is 0.935 bits per heavy atom. The molecule has 15 rings (SSSR count).